The maximum Gasteiger partial charge on any atom is 0.288 e. The van der Waals surface area contributed by atoms with Gasteiger partial charge in [0, 0.05) is 43.1 Å². The number of hydrogen-bond acceptors (Lipinski definition) is 7. The van der Waals surface area contributed by atoms with E-state index < -0.39 is 10.4 Å². The number of hydrogen-bond donors (Lipinski definition) is 2. The molecule has 198 valence electrons. The summed E-state index contributed by atoms with van der Waals surface area (Å²) in [5.41, 5.74) is 4.19. The van der Waals surface area contributed by atoms with Gasteiger partial charge in [-0.15, -0.1) is 0 Å². The van der Waals surface area contributed by atoms with Gasteiger partial charge in [-0.2, -0.15) is 9.65 Å². The number of nitrogens with one attached hydrogen (secondary N) is 1. The van der Waals surface area contributed by atoms with E-state index in [9.17, 15) is 13.6 Å². The molecule has 12 heteroatoms. The fourth-order valence-electron chi connectivity index (χ4n) is 4.94. The quantitative estimate of drug-likeness (QED) is 0.447. The van der Waals surface area contributed by atoms with Crippen LogP contribution in [0.1, 0.15) is 18.9 Å². The molecule has 5 rings (SSSR count). The monoisotopic (exact) mass is 529 g/mol. The number of methoxy groups -OCH3 is 1. The Labute approximate surface area is 217 Å². The zero-order valence-electron chi connectivity index (χ0n) is 21.5. The molecule has 0 spiro atoms. The van der Waals surface area contributed by atoms with Crippen molar-refractivity contribution < 1.29 is 23.0 Å². The van der Waals surface area contributed by atoms with Gasteiger partial charge in [0.2, 0.25) is 11.8 Å². The second-order valence-electron chi connectivity index (χ2n) is 9.71. The first kappa shape index (κ1) is 25.4. The highest BCUT2D eigenvalue weighted by Gasteiger charge is 2.33. The molecule has 11 nitrogen and oxygen atoms in total. The minimum absolute atomic E-state index is 0.0427. The molecule has 37 heavy (non-hydrogen) atoms. The third-order valence-corrected chi connectivity index (χ3v) is 8.48. The number of rotatable bonds is 7. The van der Waals surface area contributed by atoms with E-state index >= 15 is 0 Å². The number of aryl methyl sites for hydroxylation is 1. The Balaban J connectivity index is 1.43. The highest BCUT2D eigenvalue weighted by molar-refractivity contribution is 7.94. The average Bonchev–Trinajstić information content (AvgIpc) is 3.49. The number of carbonyl (C=O) groups is 1. The molecule has 2 aliphatic rings. The van der Waals surface area contributed by atoms with E-state index in [1.807, 2.05) is 38.2 Å². The van der Waals surface area contributed by atoms with Gasteiger partial charge in [-0.05, 0) is 30.2 Å². The molecular formula is C25H33N6O5S+. The molecule has 0 aliphatic carbocycles. The van der Waals surface area contributed by atoms with Gasteiger partial charge in [-0.25, -0.2) is 9.50 Å². The smallest absolute Gasteiger partial charge is 0.288 e. The molecule has 1 amide bonds. The van der Waals surface area contributed by atoms with E-state index in [-0.39, 0.29) is 17.9 Å². The zero-order chi connectivity index (χ0) is 26.3. The van der Waals surface area contributed by atoms with E-state index in [1.54, 1.807) is 22.1 Å². The predicted octanol–water partition coefficient (Wildman–Crippen LogP) is 2.26. The Morgan fingerprint density at radius 3 is 2.65 bits per heavy atom. The van der Waals surface area contributed by atoms with Gasteiger partial charge in [-0.1, -0.05) is 10.4 Å². The van der Waals surface area contributed by atoms with Crippen molar-refractivity contribution in [2.75, 3.05) is 51.0 Å². The van der Waals surface area contributed by atoms with Gasteiger partial charge < -0.3 is 19.7 Å². The summed E-state index contributed by atoms with van der Waals surface area (Å²) in [6, 6.07) is 5.91. The lowest BCUT2D eigenvalue weighted by atomic mass is 10.0. The molecule has 2 aromatic heterocycles. The minimum atomic E-state index is -2.95. The Morgan fingerprint density at radius 2 is 2.00 bits per heavy atom. The number of nitrogens with zero attached hydrogens (tertiary/aromatic N) is 5. The first-order valence-corrected chi connectivity index (χ1v) is 14.2. The van der Waals surface area contributed by atoms with Crippen molar-refractivity contribution in [2.45, 2.75) is 26.4 Å². The molecule has 0 radical (unpaired) electrons. The van der Waals surface area contributed by atoms with Gasteiger partial charge in [0.25, 0.3) is 10.4 Å². The molecular weight excluding hydrogens is 496 g/mol. The number of piperazine rings is 1. The summed E-state index contributed by atoms with van der Waals surface area (Å²) in [4.78, 5) is 18.7. The fourth-order valence-corrected chi connectivity index (χ4v) is 5.78. The van der Waals surface area contributed by atoms with Crippen molar-refractivity contribution in [3.63, 3.8) is 0 Å². The van der Waals surface area contributed by atoms with Crippen molar-refractivity contribution in [1.29, 1.82) is 0 Å². The summed E-state index contributed by atoms with van der Waals surface area (Å²) >= 11 is 0. The van der Waals surface area contributed by atoms with Crippen LogP contribution in [0.4, 0.5) is 5.69 Å². The molecule has 2 saturated heterocycles. The number of aromatic nitrogens is 3. The molecule has 1 unspecified atom stereocenters. The Bertz CT molecular complexity index is 1360. The van der Waals surface area contributed by atoms with Gasteiger partial charge in [0.05, 0.1) is 44.0 Å². The second-order valence-corrected chi connectivity index (χ2v) is 11.8. The van der Waals surface area contributed by atoms with E-state index in [2.05, 4.69) is 15.3 Å². The zero-order valence-corrected chi connectivity index (χ0v) is 22.3. The van der Waals surface area contributed by atoms with Crippen LogP contribution in [0, 0.1) is 12.8 Å². The number of anilines is 1. The molecule has 2 N–H and O–H groups in total. The first-order valence-electron chi connectivity index (χ1n) is 12.3. The van der Waals surface area contributed by atoms with E-state index in [0.29, 0.717) is 56.5 Å². The topological polar surface area (TPSA) is 122 Å². The normalized spacial score (nSPS) is 21.1. The third-order valence-electron chi connectivity index (χ3n) is 7.15. The molecule has 0 bridgehead atoms. The van der Waals surface area contributed by atoms with Crippen LogP contribution >= 0.6 is 0 Å². The van der Waals surface area contributed by atoms with Crippen LogP contribution in [-0.4, -0.2) is 81.6 Å². The van der Waals surface area contributed by atoms with Crippen molar-refractivity contribution in [2.24, 2.45) is 5.92 Å². The summed E-state index contributed by atoms with van der Waals surface area (Å²) < 4.78 is 37.3. The Hall–Kier alpha value is -3.22. The van der Waals surface area contributed by atoms with Crippen LogP contribution in [0.15, 0.2) is 30.6 Å². The molecule has 0 saturated carbocycles. The molecule has 1 aromatic carbocycles. The van der Waals surface area contributed by atoms with Crippen LogP contribution in [0.2, 0.25) is 0 Å². The molecule has 3 aromatic rings. The number of benzene rings is 1. The maximum atomic E-state index is 12.0. The van der Waals surface area contributed by atoms with Crippen molar-refractivity contribution >= 4 is 27.5 Å². The summed E-state index contributed by atoms with van der Waals surface area (Å²) in [5.74, 6) is 1.29. The lowest BCUT2D eigenvalue weighted by molar-refractivity contribution is -0.119. The predicted molar refractivity (Wildman–Crippen MR) is 141 cm³/mol. The molecule has 2 aliphatic heterocycles. The van der Waals surface area contributed by atoms with Gasteiger partial charge in [-0.3, -0.25) is 4.79 Å². The van der Waals surface area contributed by atoms with Crippen LogP contribution in [0.3, 0.4) is 0 Å². The lowest BCUT2D eigenvalue weighted by Crippen LogP contribution is -2.50. The van der Waals surface area contributed by atoms with Gasteiger partial charge in [0.15, 0.2) is 6.26 Å². The molecule has 4 heterocycles. The first-order chi connectivity index (χ1) is 17.6. The summed E-state index contributed by atoms with van der Waals surface area (Å²) in [5, 5.41) is 7.35. The van der Waals surface area contributed by atoms with E-state index in [4.69, 9.17) is 14.5 Å². The van der Waals surface area contributed by atoms with Gasteiger partial charge >= 0.3 is 0 Å². The Morgan fingerprint density at radius 1 is 1.24 bits per heavy atom. The van der Waals surface area contributed by atoms with Crippen LogP contribution in [0.25, 0.3) is 16.8 Å². The third kappa shape index (κ3) is 5.13. The minimum Gasteiger partial charge on any atom is -0.495 e. The maximum absolute atomic E-state index is 12.0. The number of amides is 1. The summed E-state index contributed by atoms with van der Waals surface area (Å²) in [6.07, 6.45) is 5.24. The lowest BCUT2D eigenvalue weighted by Gasteiger charge is -2.34. The number of carbonyl (C=O) groups excluding carboxylic acids is 1. The largest absolute Gasteiger partial charge is 0.495 e. The van der Waals surface area contributed by atoms with E-state index in [1.165, 1.54) is 6.26 Å². The van der Waals surface area contributed by atoms with Crippen molar-refractivity contribution in [3.05, 3.63) is 36.2 Å². The van der Waals surface area contributed by atoms with E-state index in [0.717, 1.165) is 22.3 Å². The summed E-state index contributed by atoms with van der Waals surface area (Å²) in [7, 11) is -1.32. The van der Waals surface area contributed by atoms with Crippen LogP contribution in [0.5, 0.6) is 11.6 Å². The number of fused-ring (bicyclic) bond motifs is 1. The number of ether oxygens (including phenoxy) is 2. The highest BCUT2D eigenvalue weighted by Crippen LogP contribution is 2.35. The fraction of sp³-hybridized carbons (Fsp3) is 0.480. The standard InChI is InChI=1S/C25H32N6O5S/c1-16-13-27-31-15-20(28-25(24(16)31)36-17(2)19-12-23(32)26-14-19)18-5-6-21(22(11-18)35-3)29-7-9-30(10-8-29)37(4,33)34/h5-6,11,13,15,17,19H,7-10,12,14H2,1-4H3,(H-,26,32,33,34)/p+1/t17-,19-/m1/s1. The van der Waals surface area contributed by atoms with Crippen molar-refractivity contribution in [1.82, 2.24) is 24.2 Å². The van der Waals surface area contributed by atoms with Crippen molar-refractivity contribution in [3.8, 4) is 22.9 Å². The van der Waals surface area contributed by atoms with Crippen LogP contribution < -0.4 is 19.7 Å². The van der Waals surface area contributed by atoms with Gasteiger partial charge in [0.1, 0.15) is 17.4 Å². The average molecular weight is 530 g/mol. The second kappa shape index (κ2) is 9.92. The highest BCUT2D eigenvalue weighted by atomic mass is 32.3. The summed E-state index contributed by atoms with van der Waals surface area (Å²) in [6.45, 7) is 6.75. The SMILES string of the molecule is COc1cc(-c2cn3ncc(C)c3c(O[C@H](C)[C@H]3CNC(=O)C3)n2)ccc1N1CCN([S+](C)(=O)O)CC1. The molecule has 3 atom stereocenters. The van der Waals surface area contributed by atoms with Crippen LogP contribution in [-0.2, 0) is 19.4 Å². The Kier molecular flexibility index (Phi) is 6.82. The molecule has 2 fully saturated rings.